The molecular formula is C12H17NO5S. The van der Waals surface area contributed by atoms with E-state index in [0.29, 0.717) is 0 Å². The lowest BCUT2D eigenvalue weighted by Gasteiger charge is -2.12. The summed E-state index contributed by atoms with van der Waals surface area (Å²) in [6.07, 6.45) is 1.68. The van der Waals surface area contributed by atoms with Crippen molar-refractivity contribution in [2.24, 2.45) is 5.92 Å². The standard InChI is InChI=1S/C12H17NO5S/c1-3-10(4-2)9-18-19(16,17)12-7-5-11(6-8-12)13(14)15/h5-8,10H,3-4,9H2,1-2H3. The van der Waals surface area contributed by atoms with E-state index in [-0.39, 0.29) is 23.1 Å². The molecule has 0 atom stereocenters. The Bertz CT molecular complexity index is 520. The Morgan fingerprint density at radius 3 is 2.16 bits per heavy atom. The molecule has 1 rings (SSSR count). The minimum absolute atomic E-state index is 0.0657. The van der Waals surface area contributed by atoms with Crippen molar-refractivity contribution >= 4 is 15.8 Å². The Balaban J connectivity index is 2.80. The van der Waals surface area contributed by atoms with Crippen molar-refractivity contribution in [1.29, 1.82) is 0 Å². The molecule has 0 bridgehead atoms. The van der Waals surface area contributed by atoms with Crippen LogP contribution < -0.4 is 0 Å². The predicted octanol–water partition coefficient (Wildman–Crippen LogP) is 2.74. The molecule has 1 aromatic carbocycles. The first-order valence-corrected chi connectivity index (χ1v) is 7.45. The van der Waals surface area contributed by atoms with Crippen LogP contribution in [0.1, 0.15) is 26.7 Å². The number of hydrogen-bond donors (Lipinski definition) is 0. The first-order valence-electron chi connectivity index (χ1n) is 6.04. The zero-order chi connectivity index (χ0) is 14.5. The van der Waals surface area contributed by atoms with Crippen LogP contribution in [-0.2, 0) is 14.3 Å². The minimum Gasteiger partial charge on any atom is -0.266 e. The maximum atomic E-state index is 11.9. The molecular weight excluding hydrogens is 270 g/mol. The van der Waals surface area contributed by atoms with Gasteiger partial charge in [-0.1, -0.05) is 26.7 Å². The molecule has 0 saturated carbocycles. The molecule has 7 heteroatoms. The third kappa shape index (κ3) is 4.29. The highest BCUT2D eigenvalue weighted by molar-refractivity contribution is 7.86. The van der Waals surface area contributed by atoms with Gasteiger partial charge in [0.1, 0.15) is 0 Å². The maximum absolute atomic E-state index is 11.9. The van der Waals surface area contributed by atoms with E-state index in [0.717, 1.165) is 25.0 Å². The summed E-state index contributed by atoms with van der Waals surface area (Å²) in [5.74, 6) is 0.188. The molecule has 0 aromatic heterocycles. The van der Waals surface area contributed by atoms with Gasteiger partial charge in [-0.2, -0.15) is 8.42 Å². The van der Waals surface area contributed by atoms with Gasteiger partial charge in [0.2, 0.25) is 0 Å². The van der Waals surface area contributed by atoms with Crippen molar-refractivity contribution in [3.8, 4) is 0 Å². The quantitative estimate of drug-likeness (QED) is 0.437. The average molecular weight is 287 g/mol. The highest BCUT2D eigenvalue weighted by atomic mass is 32.2. The third-order valence-electron chi connectivity index (χ3n) is 2.95. The number of nitrogens with zero attached hydrogens (tertiary/aromatic N) is 1. The molecule has 0 radical (unpaired) electrons. The van der Waals surface area contributed by atoms with Gasteiger partial charge in [0, 0.05) is 12.1 Å². The molecule has 0 amide bonds. The molecule has 0 unspecified atom stereocenters. The van der Waals surface area contributed by atoms with E-state index in [9.17, 15) is 18.5 Å². The van der Waals surface area contributed by atoms with Gasteiger partial charge in [-0.3, -0.25) is 14.3 Å². The summed E-state index contributed by atoms with van der Waals surface area (Å²) in [5.41, 5.74) is -0.154. The Hall–Kier alpha value is -1.47. The lowest BCUT2D eigenvalue weighted by atomic mass is 10.1. The zero-order valence-electron chi connectivity index (χ0n) is 10.9. The van der Waals surface area contributed by atoms with Crippen LogP contribution in [0.15, 0.2) is 29.2 Å². The lowest BCUT2D eigenvalue weighted by molar-refractivity contribution is -0.384. The van der Waals surface area contributed by atoms with Gasteiger partial charge >= 0.3 is 0 Å². The fourth-order valence-electron chi connectivity index (χ4n) is 1.51. The zero-order valence-corrected chi connectivity index (χ0v) is 11.7. The van der Waals surface area contributed by atoms with E-state index in [1.807, 2.05) is 13.8 Å². The van der Waals surface area contributed by atoms with Crippen LogP contribution in [0, 0.1) is 16.0 Å². The number of nitro groups is 1. The smallest absolute Gasteiger partial charge is 0.266 e. The first kappa shape index (κ1) is 15.6. The number of nitro benzene ring substituents is 1. The summed E-state index contributed by atoms with van der Waals surface area (Å²) in [7, 11) is -3.84. The van der Waals surface area contributed by atoms with Gasteiger partial charge in [-0.25, -0.2) is 0 Å². The largest absolute Gasteiger partial charge is 0.296 e. The second kappa shape index (κ2) is 6.63. The molecule has 0 aliphatic heterocycles. The van der Waals surface area contributed by atoms with E-state index in [1.165, 1.54) is 12.1 Å². The molecule has 0 aliphatic carbocycles. The second-order valence-electron chi connectivity index (χ2n) is 4.17. The Morgan fingerprint density at radius 2 is 1.74 bits per heavy atom. The molecule has 0 N–H and O–H groups in total. The summed E-state index contributed by atoms with van der Waals surface area (Å²) in [6.45, 7) is 4.07. The first-order chi connectivity index (χ1) is 8.90. The molecule has 0 heterocycles. The second-order valence-corrected chi connectivity index (χ2v) is 5.79. The van der Waals surface area contributed by atoms with E-state index in [2.05, 4.69) is 0 Å². The van der Waals surface area contributed by atoms with Crippen molar-refractivity contribution in [1.82, 2.24) is 0 Å². The molecule has 0 saturated heterocycles. The fraction of sp³-hybridized carbons (Fsp3) is 0.500. The van der Waals surface area contributed by atoms with Gasteiger partial charge in [-0.05, 0) is 18.1 Å². The number of rotatable bonds is 7. The summed E-state index contributed by atoms with van der Waals surface area (Å²) in [4.78, 5) is 9.83. The molecule has 1 aromatic rings. The highest BCUT2D eigenvalue weighted by Gasteiger charge is 2.18. The van der Waals surface area contributed by atoms with E-state index in [1.54, 1.807) is 0 Å². The Morgan fingerprint density at radius 1 is 1.21 bits per heavy atom. The van der Waals surface area contributed by atoms with Crippen molar-refractivity contribution in [3.05, 3.63) is 34.4 Å². The molecule has 0 fully saturated rings. The number of non-ortho nitro benzene ring substituents is 1. The Kier molecular flexibility index (Phi) is 5.44. The molecule has 19 heavy (non-hydrogen) atoms. The van der Waals surface area contributed by atoms with E-state index < -0.39 is 15.0 Å². The van der Waals surface area contributed by atoms with Crippen LogP contribution in [0.4, 0.5) is 5.69 Å². The third-order valence-corrected chi connectivity index (χ3v) is 4.25. The van der Waals surface area contributed by atoms with Gasteiger partial charge < -0.3 is 0 Å². The topological polar surface area (TPSA) is 86.5 Å². The van der Waals surface area contributed by atoms with Crippen LogP contribution in [0.2, 0.25) is 0 Å². The van der Waals surface area contributed by atoms with Gasteiger partial charge in [0.05, 0.1) is 16.4 Å². The average Bonchev–Trinajstić information content (AvgIpc) is 2.40. The van der Waals surface area contributed by atoms with E-state index in [4.69, 9.17) is 4.18 Å². The van der Waals surface area contributed by atoms with Crippen molar-refractivity contribution in [2.45, 2.75) is 31.6 Å². The van der Waals surface area contributed by atoms with Crippen LogP contribution in [0.5, 0.6) is 0 Å². The Labute approximate surface area is 112 Å². The fourth-order valence-corrected chi connectivity index (χ4v) is 2.49. The van der Waals surface area contributed by atoms with Crippen LogP contribution in [-0.4, -0.2) is 19.9 Å². The van der Waals surface area contributed by atoms with Gasteiger partial charge in [0.15, 0.2) is 0 Å². The lowest BCUT2D eigenvalue weighted by Crippen LogP contribution is -2.13. The SMILES string of the molecule is CCC(CC)COS(=O)(=O)c1ccc([N+](=O)[O-])cc1. The summed E-state index contributed by atoms with van der Waals surface area (Å²) in [5, 5.41) is 10.5. The molecule has 6 nitrogen and oxygen atoms in total. The van der Waals surface area contributed by atoms with Crippen molar-refractivity contribution in [3.63, 3.8) is 0 Å². The van der Waals surface area contributed by atoms with Crippen LogP contribution >= 0.6 is 0 Å². The normalized spacial score (nSPS) is 11.7. The number of benzene rings is 1. The van der Waals surface area contributed by atoms with Crippen LogP contribution in [0.3, 0.4) is 0 Å². The van der Waals surface area contributed by atoms with Crippen LogP contribution in [0.25, 0.3) is 0 Å². The molecule has 0 spiro atoms. The van der Waals surface area contributed by atoms with Gasteiger partial charge in [-0.15, -0.1) is 0 Å². The maximum Gasteiger partial charge on any atom is 0.296 e. The van der Waals surface area contributed by atoms with Crippen molar-refractivity contribution < 1.29 is 17.5 Å². The minimum atomic E-state index is -3.84. The molecule has 0 aliphatic rings. The predicted molar refractivity (Wildman–Crippen MR) is 70.3 cm³/mol. The summed E-state index contributed by atoms with van der Waals surface area (Å²) < 4.78 is 28.7. The van der Waals surface area contributed by atoms with E-state index >= 15 is 0 Å². The monoisotopic (exact) mass is 287 g/mol. The molecule has 106 valence electrons. The van der Waals surface area contributed by atoms with Crippen molar-refractivity contribution in [2.75, 3.05) is 6.61 Å². The highest BCUT2D eigenvalue weighted by Crippen LogP contribution is 2.19. The van der Waals surface area contributed by atoms with Gasteiger partial charge in [0.25, 0.3) is 15.8 Å². The number of hydrogen-bond acceptors (Lipinski definition) is 5. The summed E-state index contributed by atoms with van der Waals surface area (Å²) >= 11 is 0. The summed E-state index contributed by atoms with van der Waals surface area (Å²) in [6, 6.07) is 4.65.